The fourth-order valence-corrected chi connectivity index (χ4v) is 1.62. The van der Waals surface area contributed by atoms with Gasteiger partial charge in [-0.1, -0.05) is 0 Å². The van der Waals surface area contributed by atoms with Crippen molar-refractivity contribution >= 4 is 5.97 Å². The van der Waals surface area contributed by atoms with E-state index in [-0.39, 0.29) is 17.5 Å². The van der Waals surface area contributed by atoms with Crippen molar-refractivity contribution in [3.8, 4) is 0 Å². The lowest BCUT2D eigenvalue weighted by Gasteiger charge is -2.23. The van der Waals surface area contributed by atoms with Crippen LogP contribution < -0.4 is 0 Å². The van der Waals surface area contributed by atoms with Gasteiger partial charge in [-0.3, -0.25) is 4.79 Å². The maximum atomic E-state index is 13.5. The smallest absolute Gasteiger partial charge is 0.309 e. The van der Waals surface area contributed by atoms with Crippen LogP contribution in [0.5, 0.6) is 0 Å². The minimum atomic E-state index is -1.28. The summed E-state index contributed by atoms with van der Waals surface area (Å²) in [5, 5.41) is 18.8. The molecule has 3 nitrogen and oxygen atoms in total. The molecular weight excluding hydrogens is 242 g/mol. The van der Waals surface area contributed by atoms with Crippen molar-refractivity contribution in [2.45, 2.75) is 33.3 Å². The first-order valence-electron chi connectivity index (χ1n) is 5.52. The van der Waals surface area contributed by atoms with Gasteiger partial charge in [0.05, 0.1) is 11.5 Å². The SMILES string of the molecule is Cc1cc(C(O)CC(C)(C)C(=O)O)c(F)cc1F. The predicted octanol–water partition coefficient (Wildman–Crippen LogP) is 2.81. The Morgan fingerprint density at radius 2 is 1.89 bits per heavy atom. The summed E-state index contributed by atoms with van der Waals surface area (Å²) in [5.41, 5.74) is -1.06. The van der Waals surface area contributed by atoms with Crippen LogP contribution in [0.3, 0.4) is 0 Å². The number of aliphatic carboxylic acids is 1. The van der Waals surface area contributed by atoms with Gasteiger partial charge in [0.15, 0.2) is 0 Å². The monoisotopic (exact) mass is 258 g/mol. The molecule has 0 saturated carbocycles. The molecule has 1 unspecified atom stereocenters. The van der Waals surface area contributed by atoms with Crippen LogP contribution in [0.2, 0.25) is 0 Å². The normalized spacial score (nSPS) is 13.4. The number of carboxylic acids is 1. The van der Waals surface area contributed by atoms with Crippen molar-refractivity contribution < 1.29 is 23.8 Å². The van der Waals surface area contributed by atoms with Crippen LogP contribution in [0.4, 0.5) is 8.78 Å². The molecule has 0 aliphatic heterocycles. The molecule has 1 atom stereocenters. The van der Waals surface area contributed by atoms with E-state index >= 15 is 0 Å². The molecule has 5 heteroatoms. The molecule has 0 aliphatic carbocycles. The van der Waals surface area contributed by atoms with E-state index in [1.165, 1.54) is 26.8 Å². The van der Waals surface area contributed by atoms with Crippen LogP contribution in [0.1, 0.15) is 37.5 Å². The van der Waals surface area contributed by atoms with Crippen molar-refractivity contribution in [3.05, 3.63) is 34.9 Å². The lowest BCUT2D eigenvalue weighted by molar-refractivity contribution is -0.148. The standard InChI is InChI=1S/C13H16F2O3/c1-7-4-8(10(15)5-9(7)14)11(16)6-13(2,3)12(17)18/h4-5,11,16H,6H2,1-3H3,(H,17,18). The summed E-state index contributed by atoms with van der Waals surface area (Å²) in [6.45, 7) is 4.33. The number of carbonyl (C=O) groups is 1. The molecule has 0 bridgehead atoms. The highest BCUT2D eigenvalue weighted by Gasteiger charge is 2.31. The number of hydrogen-bond acceptors (Lipinski definition) is 2. The maximum Gasteiger partial charge on any atom is 0.309 e. The average Bonchev–Trinajstić information content (AvgIpc) is 2.22. The zero-order chi connectivity index (χ0) is 14.1. The van der Waals surface area contributed by atoms with Crippen LogP contribution in [0, 0.1) is 24.0 Å². The van der Waals surface area contributed by atoms with E-state index in [0.29, 0.717) is 6.07 Å². The number of halogens is 2. The van der Waals surface area contributed by atoms with E-state index in [9.17, 15) is 18.7 Å². The van der Waals surface area contributed by atoms with E-state index in [1.54, 1.807) is 0 Å². The molecule has 100 valence electrons. The van der Waals surface area contributed by atoms with Crippen molar-refractivity contribution in [3.63, 3.8) is 0 Å². The van der Waals surface area contributed by atoms with Gasteiger partial charge in [0, 0.05) is 11.6 Å². The Balaban J connectivity index is 3.01. The van der Waals surface area contributed by atoms with Gasteiger partial charge in [0.2, 0.25) is 0 Å². The molecule has 0 radical (unpaired) electrons. The van der Waals surface area contributed by atoms with Crippen LogP contribution >= 0.6 is 0 Å². The van der Waals surface area contributed by atoms with Gasteiger partial charge in [0.25, 0.3) is 0 Å². The van der Waals surface area contributed by atoms with Gasteiger partial charge in [-0.25, -0.2) is 8.78 Å². The number of benzene rings is 1. The molecule has 1 aromatic carbocycles. The highest BCUT2D eigenvalue weighted by Crippen LogP contribution is 2.32. The fourth-order valence-electron chi connectivity index (χ4n) is 1.62. The van der Waals surface area contributed by atoms with E-state index in [2.05, 4.69) is 0 Å². The van der Waals surface area contributed by atoms with Crippen molar-refractivity contribution in [2.75, 3.05) is 0 Å². The van der Waals surface area contributed by atoms with Crippen molar-refractivity contribution in [1.29, 1.82) is 0 Å². The second kappa shape index (κ2) is 5.02. The third-order valence-electron chi connectivity index (χ3n) is 2.92. The van der Waals surface area contributed by atoms with E-state index in [1.807, 2.05) is 0 Å². The second-order valence-corrected chi connectivity index (χ2v) is 5.03. The second-order valence-electron chi connectivity index (χ2n) is 5.03. The number of aryl methyl sites for hydroxylation is 1. The molecule has 0 spiro atoms. The summed E-state index contributed by atoms with van der Waals surface area (Å²) < 4.78 is 26.6. The summed E-state index contributed by atoms with van der Waals surface area (Å²) in [6.07, 6.45) is -1.43. The van der Waals surface area contributed by atoms with Crippen LogP contribution in [-0.2, 0) is 4.79 Å². The molecule has 0 saturated heterocycles. The van der Waals surface area contributed by atoms with Gasteiger partial charge in [-0.05, 0) is 38.8 Å². The Morgan fingerprint density at radius 1 is 1.33 bits per heavy atom. The predicted molar refractivity (Wildman–Crippen MR) is 62.1 cm³/mol. The topological polar surface area (TPSA) is 57.5 Å². The van der Waals surface area contributed by atoms with Crippen molar-refractivity contribution in [1.82, 2.24) is 0 Å². The minimum absolute atomic E-state index is 0.0803. The Kier molecular flexibility index (Phi) is 4.06. The Labute approximate surface area is 104 Å². The fraction of sp³-hybridized carbons (Fsp3) is 0.462. The molecule has 0 heterocycles. The van der Waals surface area contributed by atoms with Gasteiger partial charge in [-0.15, -0.1) is 0 Å². The Bertz CT molecular complexity index is 470. The summed E-state index contributed by atoms with van der Waals surface area (Å²) in [6, 6.07) is 1.90. The number of carboxylic acid groups (broad SMARTS) is 1. The zero-order valence-corrected chi connectivity index (χ0v) is 10.5. The molecule has 18 heavy (non-hydrogen) atoms. The molecule has 0 aliphatic rings. The first-order chi connectivity index (χ1) is 8.15. The quantitative estimate of drug-likeness (QED) is 0.873. The van der Waals surface area contributed by atoms with E-state index < -0.39 is 29.1 Å². The van der Waals surface area contributed by atoms with Gasteiger partial charge >= 0.3 is 5.97 Å². The molecule has 1 rings (SSSR count). The highest BCUT2D eigenvalue weighted by molar-refractivity contribution is 5.73. The molecule has 1 aromatic rings. The molecule has 0 aromatic heterocycles. The van der Waals surface area contributed by atoms with Gasteiger partial charge in [-0.2, -0.15) is 0 Å². The summed E-state index contributed by atoms with van der Waals surface area (Å²) >= 11 is 0. The molecule has 2 N–H and O–H groups in total. The van der Waals surface area contributed by atoms with E-state index in [0.717, 1.165) is 0 Å². The first kappa shape index (κ1) is 14.6. The first-order valence-corrected chi connectivity index (χ1v) is 5.52. The molecule has 0 fully saturated rings. The number of aliphatic hydroxyl groups excluding tert-OH is 1. The number of rotatable bonds is 4. The minimum Gasteiger partial charge on any atom is -0.481 e. The van der Waals surface area contributed by atoms with Crippen molar-refractivity contribution in [2.24, 2.45) is 5.41 Å². The van der Waals surface area contributed by atoms with Gasteiger partial charge in [0.1, 0.15) is 11.6 Å². The van der Waals surface area contributed by atoms with Gasteiger partial charge < -0.3 is 10.2 Å². The number of hydrogen-bond donors (Lipinski definition) is 2. The third kappa shape index (κ3) is 3.04. The van der Waals surface area contributed by atoms with Crippen LogP contribution in [0.15, 0.2) is 12.1 Å². The summed E-state index contributed by atoms with van der Waals surface area (Å²) in [4.78, 5) is 10.9. The largest absolute Gasteiger partial charge is 0.481 e. The van der Waals surface area contributed by atoms with Crippen LogP contribution in [-0.4, -0.2) is 16.2 Å². The third-order valence-corrected chi connectivity index (χ3v) is 2.92. The average molecular weight is 258 g/mol. The summed E-state index contributed by atoms with van der Waals surface area (Å²) in [7, 11) is 0. The Morgan fingerprint density at radius 3 is 2.39 bits per heavy atom. The zero-order valence-electron chi connectivity index (χ0n) is 10.5. The molecule has 0 amide bonds. The molecular formula is C13H16F2O3. The Hall–Kier alpha value is -1.49. The van der Waals surface area contributed by atoms with E-state index in [4.69, 9.17) is 5.11 Å². The summed E-state index contributed by atoms with van der Waals surface area (Å²) in [5.74, 6) is -2.64. The maximum absolute atomic E-state index is 13.5. The lowest BCUT2D eigenvalue weighted by Crippen LogP contribution is -2.26. The lowest BCUT2D eigenvalue weighted by atomic mass is 9.84. The highest BCUT2D eigenvalue weighted by atomic mass is 19.1. The number of aliphatic hydroxyl groups is 1. The van der Waals surface area contributed by atoms with Crippen LogP contribution in [0.25, 0.3) is 0 Å².